The number of hydrogen-bond donors (Lipinski definition) is 1. The lowest BCUT2D eigenvalue weighted by atomic mass is 9.72. The minimum Gasteiger partial charge on any atom is -0.465 e. The maximum atomic E-state index is 14.1. The predicted molar refractivity (Wildman–Crippen MR) is 110 cm³/mol. The number of ether oxygens (including phenoxy) is 1. The fourth-order valence-electron chi connectivity index (χ4n) is 3.61. The zero-order valence-electron chi connectivity index (χ0n) is 16.3. The van der Waals surface area contributed by atoms with E-state index in [1.165, 1.54) is 36.6 Å². The lowest BCUT2D eigenvalue weighted by molar-refractivity contribution is 0.0600. The monoisotopic (exact) mass is 423 g/mol. The molecule has 0 saturated carbocycles. The number of carbonyl (C=O) groups excluding carboxylic acids is 2. The van der Waals surface area contributed by atoms with Crippen LogP contribution in [0.5, 0.6) is 0 Å². The number of anilines is 1. The second-order valence-electron chi connectivity index (χ2n) is 8.06. The number of rotatable bonds is 3. The third kappa shape index (κ3) is 3.94. The summed E-state index contributed by atoms with van der Waals surface area (Å²) in [6, 6.07) is 4.06. The van der Waals surface area contributed by atoms with Gasteiger partial charge < -0.3 is 10.1 Å². The lowest BCUT2D eigenvalue weighted by Crippen LogP contribution is -2.26. The van der Waals surface area contributed by atoms with Gasteiger partial charge in [0.1, 0.15) is 10.8 Å². The second-order valence-corrected chi connectivity index (χ2v) is 9.57. The molecule has 1 amide bonds. The predicted octanol–water partition coefficient (Wildman–Crippen LogP) is 5.73. The third-order valence-electron chi connectivity index (χ3n) is 5.30. The summed E-state index contributed by atoms with van der Waals surface area (Å²) in [7, 11) is 1.31. The third-order valence-corrected chi connectivity index (χ3v) is 6.78. The van der Waals surface area contributed by atoms with Crippen molar-refractivity contribution in [3.05, 3.63) is 50.6 Å². The van der Waals surface area contributed by atoms with Crippen molar-refractivity contribution in [2.24, 2.45) is 11.3 Å². The summed E-state index contributed by atoms with van der Waals surface area (Å²) in [5.74, 6) is -1.41. The molecule has 0 saturated heterocycles. The van der Waals surface area contributed by atoms with Gasteiger partial charge in [-0.25, -0.2) is 9.18 Å². The molecule has 0 aliphatic heterocycles. The van der Waals surface area contributed by atoms with E-state index in [1.807, 2.05) is 0 Å². The van der Waals surface area contributed by atoms with Crippen LogP contribution in [0.2, 0.25) is 5.02 Å². The standard InChI is InChI=1S/C21H23ClFNO3S/c1-21(2,3)11-8-9-12-15(10-11)28-19(16(12)20(26)27-4)24-18(25)17-13(22)6-5-7-14(17)23/h5-7,11H,8-10H2,1-4H3,(H,24,25)/t11-/m0/s1. The number of methoxy groups -OCH3 is 1. The van der Waals surface area contributed by atoms with Gasteiger partial charge in [-0.3, -0.25) is 4.79 Å². The van der Waals surface area contributed by atoms with E-state index in [0.717, 1.165) is 29.7 Å². The molecule has 1 aliphatic carbocycles. The van der Waals surface area contributed by atoms with Crippen molar-refractivity contribution >= 4 is 39.8 Å². The van der Waals surface area contributed by atoms with Gasteiger partial charge in [0, 0.05) is 4.88 Å². The van der Waals surface area contributed by atoms with Crippen LogP contribution in [0.3, 0.4) is 0 Å². The van der Waals surface area contributed by atoms with Crippen molar-refractivity contribution in [2.45, 2.75) is 40.0 Å². The minimum absolute atomic E-state index is 0.0197. The van der Waals surface area contributed by atoms with Crippen LogP contribution in [-0.2, 0) is 17.6 Å². The summed E-state index contributed by atoms with van der Waals surface area (Å²) in [6.45, 7) is 6.63. The van der Waals surface area contributed by atoms with Crippen LogP contribution in [-0.4, -0.2) is 19.0 Å². The Balaban J connectivity index is 1.99. The largest absolute Gasteiger partial charge is 0.465 e. The van der Waals surface area contributed by atoms with Gasteiger partial charge in [-0.1, -0.05) is 38.4 Å². The molecule has 1 heterocycles. The van der Waals surface area contributed by atoms with Gasteiger partial charge >= 0.3 is 5.97 Å². The molecule has 1 aliphatic rings. The number of carbonyl (C=O) groups is 2. The molecule has 0 spiro atoms. The minimum atomic E-state index is -0.710. The normalized spacial score (nSPS) is 16.4. The highest BCUT2D eigenvalue weighted by Gasteiger charge is 2.34. The fourth-order valence-corrected chi connectivity index (χ4v) is 5.17. The molecule has 0 unspecified atom stereocenters. The number of fused-ring (bicyclic) bond motifs is 1. The quantitative estimate of drug-likeness (QED) is 0.641. The first-order valence-electron chi connectivity index (χ1n) is 9.11. The van der Waals surface area contributed by atoms with E-state index in [-0.39, 0.29) is 16.0 Å². The summed E-state index contributed by atoms with van der Waals surface area (Å²) < 4.78 is 19.1. The first kappa shape index (κ1) is 20.8. The molecule has 1 aromatic heterocycles. The van der Waals surface area contributed by atoms with E-state index in [0.29, 0.717) is 16.5 Å². The molecule has 1 N–H and O–H groups in total. The molecule has 3 rings (SSSR count). The number of esters is 1. The topological polar surface area (TPSA) is 55.4 Å². The molecular weight excluding hydrogens is 401 g/mol. The number of thiophene rings is 1. The van der Waals surface area contributed by atoms with Gasteiger partial charge in [-0.05, 0) is 48.3 Å². The maximum absolute atomic E-state index is 14.1. The number of hydrogen-bond acceptors (Lipinski definition) is 4. The van der Waals surface area contributed by atoms with Crippen LogP contribution in [0, 0.1) is 17.2 Å². The average Bonchev–Trinajstić information content (AvgIpc) is 2.97. The van der Waals surface area contributed by atoms with Crippen LogP contribution in [0.4, 0.5) is 9.39 Å². The van der Waals surface area contributed by atoms with E-state index < -0.39 is 17.7 Å². The number of benzene rings is 1. The second kappa shape index (κ2) is 7.84. The Morgan fingerprint density at radius 1 is 1.29 bits per heavy atom. The Morgan fingerprint density at radius 2 is 2.00 bits per heavy atom. The SMILES string of the molecule is COC(=O)c1c(NC(=O)c2c(F)cccc2Cl)sc2c1CC[C@H](C(C)(C)C)C2. The van der Waals surface area contributed by atoms with Crippen LogP contribution in [0.25, 0.3) is 0 Å². The Kier molecular flexibility index (Phi) is 5.82. The van der Waals surface area contributed by atoms with Crippen molar-refractivity contribution in [1.29, 1.82) is 0 Å². The Morgan fingerprint density at radius 3 is 2.61 bits per heavy atom. The Labute approximate surface area is 173 Å². The van der Waals surface area contributed by atoms with E-state index in [4.69, 9.17) is 16.3 Å². The van der Waals surface area contributed by atoms with Gasteiger partial charge in [0.2, 0.25) is 0 Å². The van der Waals surface area contributed by atoms with Gasteiger partial charge in [0.25, 0.3) is 5.91 Å². The van der Waals surface area contributed by atoms with Crippen molar-refractivity contribution in [2.75, 3.05) is 12.4 Å². The summed E-state index contributed by atoms with van der Waals surface area (Å²) in [6.07, 6.45) is 2.54. The first-order valence-corrected chi connectivity index (χ1v) is 10.3. The van der Waals surface area contributed by atoms with Crippen molar-refractivity contribution < 1.29 is 18.7 Å². The van der Waals surface area contributed by atoms with Crippen molar-refractivity contribution in [1.82, 2.24) is 0 Å². The summed E-state index contributed by atoms with van der Waals surface area (Å²) in [5.41, 5.74) is 1.21. The average molecular weight is 424 g/mol. The Bertz CT molecular complexity index is 912. The molecule has 150 valence electrons. The van der Waals surface area contributed by atoms with E-state index in [9.17, 15) is 14.0 Å². The molecule has 7 heteroatoms. The smallest absolute Gasteiger partial charge is 0.341 e. The van der Waals surface area contributed by atoms with Gasteiger partial charge in [-0.15, -0.1) is 11.3 Å². The van der Waals surface area contributed by atoms with Crippen molar-refractivity contribution in [3.8, 4) is 0 Å². The summed E-state index contributed by atoms with van der Waals surface area (Å²) >= 11 is 7.36. The molecule has 4 nitrogen and oxygen atoms in total. The summed E-state index contributed by atoms with van der Waals surface area (Å²) in [4.78, 5) is 26.2. The van der Waals surface area contributed by atoms with Crippen LogP contribution < -0.4 is 5.32 Å². The molecule has 0 bridgehead atoms. The van der Waals surface area contributed by atoms with Gasteiger partial charge in [0.05, 0.1) is 23.3 Å². The number of halogens is 2. The van der Waals surface area contributed by atoms with Crippen molar-refractivity contribution in [3.63, 3.8) is 0 Å². The molecule has 2 aromatic rings. The van der Waals surface area contributed by atoms with E-state index in [2.05, 4.69) is 26.1 Å². The highest BCUT2D eigenvalue weighted by Crippen LogP contribution is 2.44. The zero-order valence-corrected chi connectivity index (χ0v) is 17.9. The molecule has 0 radical (unpaired) electrons. The van der Waals surface area contributed by atoms with Gasteiger partial charge in [-0.2, -0.15) is 0 Å². The highest BCUT2D eigenvalue weighted by atomic mass is 35.5. The molecule has 1 atom stereocenters. The first-order chi connectivity index (χ1) is 13.1. The van der Waals surface area contributed by atoms with Crippen LogP contribution in [0.1, 0.15) is 58.3 Å². The van der Waals surface area contributed by atoms with E-state index >= 15 is 0 Å². The maximum Gasteiger partial charge on any atom is 0.341 e. The zero-order chi connectivity index (χ0) is 20.6. The molecule has 28 heavy (non-hydrogen) atoms. The number of nitrogens with one attached hydrogen (secondary N) is 1. The molecule has 0 fully saturated rings. The van der Waals surface area contributed by atoms with Crippen LogP contribution in [0.15, 0.2) is 18.2 Å². The van der Waals surface area contributed by atoms with Gasteiger partial charge in [0.15, 0.2) is 0 Å². The van der Waals surface area contributed by atoms with E-state index in [1.54, 1.807) is 0 Å². The lowest BCUT2D eigenvalue weighted by Gasteiger charge is -2.33. The fraction of sp³-hybridized carbons (Fsp3) is 0.429. The molecular formula is C21H23ClFNO3S. The highest BCUT2D eigenvalue weighted by molar-refractivity contribution is 7.17. The Hall–Kier alpha value is -1.92. The number of amides is 1. The van der Waals surface area contributed by atoms with Crippen LogP contribution >= 0.6 is 22.9 Å². The molecule has 1 aromatic carbocycles. The summed E-state index contributed by atoms with van der Waals surface area (Å²) in [5, 5.41) is 3.09.